The maximum atomic E-state index is 12.7. The van der Waals surface area contributed by atoms with E-state index in [0.29, 0.717) is 22.0 Å². The van der Waals surface area contributed by atoms with Crippen molar-refractivity contribution in [1.82, 2.24) is 0 Å². The van der Waals surface area contributed by atoms with Crippen molar-refractivity contribution in [2.24, 2.45) is 0 Å². The molecule has 2 aromatic carbocycles. The van der Waals surface area contributed by atoms with Crippen LogP contribution in [0.3, 0.4) is 0 Å². The third-order valence-electron chi connectivity index (χ3n) is 4.67. The summed E-state index contributed by atoms with van der Waals surface area (Å²) in [5, 5.41) is 14.2. The molecule has 27 heavy (non-hydrogen) atoms. The van der Waals surface area contributed by atoms with Crippen LogP contribution in [0.2, 0.25) is 5.02 Å². The first-order valence-electron chi connectivity index (χ1n) is 8.41. The van der Waals surface area contributed by atoms with Gasteiger partial charge in [0.15, 0.2) is 11.4 Å². The fraction of sp³-hybridized carbons (Fsp3) is 0.143. The molecule has 0 radical (unpaired) electrons. The molecular formula is C21H16ClNO4. The minimum Gasteiger partial charge on any atom is -0.453 e. The molecule has 1 aliphatic rings. The van der Waals surface area contributed by atoms with E-state index in [9.17, 15) is 14.7 Å². The second-order valence-corrected chi connectivity index (χ2v) is 7.07. The summed E-state index contributed by atoms with van der Waals surface area (Å²) >= 11 is 5.88. The lowest BCUT2D eigenvalue weighted by Gasteiger charge is -2.19. The van der Waals surface area contributed by atoms with Gasteiger partial charge in [-0.3, -0.25) is 9.59 Å². The van der Waals surface area contributed by atoms with Gasteiger partial charge in [-0.25, -0.2) is 0 Å². The Balaban J connectivity index is 1.61. The van der Waals surface area contributed by atoms with Crippen LogP contribution in [0.1, 0.15) is 28.1 Å². The second-order valence-electron chi connectivity index (χ2n) is 6.63. The van der Waals surface area contributed by atoms with E-state index >= 15 is 0 Å². The Bertz CT molecular complexity index is 1050. The number of anilines is 1. The third kappa shape index (κ3) is 3.05. The highest BCUT2D eigenvalue weighted by atomic mass is 35.5. The normalized spacial score (nSPS) is 18.3. The monoisotopic (exact) mass is 381 g/mol. The zero-order chi connectivity index (χ0) is 19.2. The first-order valence-corrected chi connectivity index (χ1v) is 8.78. The number of carbonyl (C=O) groups is 2. The molecule has 3 aromatic rings. The van der Waals surface area contributed by atoms with Crippen LogP contribution in [-0.4, -0.2) is 16.8 Å². The Labute approximate surface area is 160 Å². The van der Waals surface area contributed by atoms with Gasteiger partial charge in [0.1, 0.15) is 5.76 Å². The lowest BCUT2D eigenvalue weighted by molar-refractivity contribution is -0.133. The van der Waals surface area contributed by atoms with E-state index < -0.39 is 23.7 Å². The molecule has 0 saturated heterocycles. The number of nitrogens with one attached hydrogen (secondary N) is 1. The standard InChI is InChI=1S/C21H16ClNO4/c1-12-2-7-16-15(10-12)21(26,20(25)23-16)11-17(24)19-9-8-18(27-19)13-3-5-14(22)6-4-13/h2-10,26H,11H2,1H3,(H,23,25)/t21-/m0/s1. The number of furan rings is 1. The van der Waals surface area contributed by atoms with E-state index in [1.807, 2.05) is 13.0 Å². The molecule has 4 rings (SSSR count). The van der Waals surface area contributed by atoms with Crippen LogP contribution < -0.4 is 5.32 Å². The Morgan fingerprint density at radius 1 is 1.15 bits per heavy atom. The molecule has 1 aromatic heterocycles. The average Bonchev–Trinajstić information content (AvgIpc) is 3.21. The smallest absolute Gasteiger partial charge is 0.261 e. The van der Waals surface area contributed by atoms with E-state index in [1.54, 1.807) is 48.5 Å². The highest BCUT2D eigenvalue weighted by Crippen LogP contribution is 2.39. The van der Waals surface area contributed by atoms with Crippen molar-refractivity contribution in [2.45, 2.75) is 18.9 Å². The number of halogens is 1. The zero-order valence-corrected chi connectivity index (χ0v) is 15.2. The number of aliphatic hydroxyl groups is 1. The molecule has 1 atom stereocenters. The quantitative estimate of drug-likeness (QED) is 0.659. The molecule has 5 nitrogen and oxygen atoms in total. The molecule has 0 spiro atoms. The van der Waals surface area contributed by atoms with Gasteiger partial charge in [-0.05, 0) is 49.4 Å². The Morgan fingerprint density at radius 2 is 1.89 bits per heavy atom. The Hall–Kier alpha value is -2.89. The first kappa shape index (κ1) is 17.5. The number of hydrogen-bond acceptors (Lipinski definition) is 4. The highest BCUT2D eigenvalue weighted by Gasteiger charge is 2.47. The molecule has 136 valence electrons. The van der Waals surface area contributed by atoms with Gasteiger partial charge >= 0.3 is 0 Å². The SMILES string of the molecule is Cc1ccc2c(c1)[C@@](O)(CC(=O)c1ccc(-c3ccc(Cl)cc3)o1)C(=O)N2. The summed E-state index contributed by atoms with van der Waals surface area (Å²) < 4.78 is 5.64. The van der Waals surface area contributed by atoms with Crippen molar-refractivity contribution < 1.29 is 19.1 Å². The van der Waals surface area contributed by atoms with E-state index in [2.05, 4.69) is 5.32 Å². The number of fused-ring (bicyclic) bond motifs is 1. The molecular weight excluding hydrogens is 366 g/mol. The summed E-state index contributed by atoms with van der Waals surface area (Å²) in [7, 11) is 0. The number of ketones is 1. The van der Waals surface area contributed by atoms with E-state index in [0.717, 1.165) is 11.1 Å². The van der Waals surface area contributed by atoms with Crippen LogP contribution in [0, 0.1) is 6.92 Å². The van der Waals surface area contributed by atoms with Crippen molar-refractivity contribution in [3.8, 4) is 11.3 Å². The molecule has 0 aliphatic carbocycles. The molecule has 2 N–H and O–H groups in total. The van der Waals surface area contributed by atoms with E-state index in [1.165, 1.54) is 0 Å². The summed E-state index contributed by atoms with van der Waals surface area (Å²) in [4.78, 5) is 25.0. The van der Waals surface area contributed by atoms with Crippen molar-refractivity contribution in [1.29, 1.82) is 0 Å². The third-order valence-corrected chi connectivity index (χ3v) is 4.92. The fourth-order valence-corrected chi connectivity index (χ4v) is 3.34. The van der Waals surface area contributed by atoms with Gasteiger partial charge in [-0.2, -0.15) is 0 Å². The van der Waals surface area contributed by atoms with Crippen molar-refractivity contribution >= 4 is 29.0 Å². The van der Waals surface area contributed by atoms with Gasteiger partial charge < -0.3 is 14.8 Å². The molecule has 6 heteroatoms. The van der Waals surface area contributed by atoms with Crippen LogP contribution in [0.4, 0.5) is 5.69 Å². The molecule has 0 unspecified atom stereocenters. The fourth-order valence-electron chi connectivity index (χ4n) is 3.21. The van der Waals surface area contributed by atoms with Crippen LogP contribution in [0.5, 0.6) is 0 Å². The number of aryl methyl sites for hydroxylation is 1. The maximum Gasteiger partial charge on any atom is 0.261 e. The predicted molar refractivity (Wildman–Crippen MR) is 102 cm³/mol. The number of amides is 1. The molecule has 0 fully saturated rings. The van der Waals surface area contributed by atoms with Crippen LogP contribution in [0.15, 0.2) is 59.0 Å². The molecule has 2 heterocycles. The zero-order valence-electron chi connectivity index (χ0n) is 14.5. The average molecular weight is 382 g/mol. The Morgan fingerprint density at radius 3 is 2.63 bits per heavy atom. The number of rotatable bonds is 4. The number of Topliss-reactive ketones (excluding diaryl/α,β-unsaturated/α-hetero) is 1. The summed E-state index contributed by atoms with van der Waals surface area (Å²) in [6.07, 6.45) is -0.400. The minimum absolute atomic E-state index is 0.0854. The van der Waals surface area contributed by atoms with E-state index in [4.69, 9.17) is 16.0 Å². The number of carbonyl (C=O) groups excluding carboxylic acids is 2. The first-order chi connectivity index (χ1) is 12.9. The summed E-state index contributed by atoms with van der Waals surface area (Å²) in [6.45, 7) is 1.86. The maximum absolute atomic E-state index is 12.7. The van der Waals surface area contributed by atoms with Crippen molar-refractivity contribution in [3.63, 3.8) is 0 Å². The summed E-state index contributed by atoms with van der Waals surface area (Å²) in [5.74, 6) is -0.473. The van der Waals surface area contributed by atoms with Crippen molar-refractivity contribution in [2.75, 3.05) is 5.32 Å². The highest BCUT2D eigenvalue weighted by molar-refractivity contribution is 6.30. The van der Waals surface area contributed by atoms with Gasteiger partial charge in [0.05, 0.1) is 6.42 Å². The second kappa shape index (κ2) is 6.37. The molecule has 0 saturated carbocycles. The predicted octanol–water partition coefficient (Wildman–Crippen LogP) is 4.32. The molecule has 1 aliphatic heterocycles. The van der Waals surface area contributed by atoms with Crippen LogP contribution >= 0.6 is 11.6 Å². The van der Waals surface area contributed by atoms with Crippen LogP contribution in [0.25, 0.3) is 11.3 Å². The summed E-state index contributed by atoms with van der Waals surface area (Å²) in [5.41, 5.74) is 0.675. The minimum atomic E-state index is -1.91. The van der Waals surface area contributed by atoms with Crippen molar-refractivity contribution in [3.05, 3.63) is 76.5 Å². The Kier molecular flexibility index (Phi) is 4.13. The van der Waals surface area contributed by atoms with Gasteiger partial charge in [0, 0.05) is 21.8 Å². The topological polar surface area (TPSA) is 79.5 Å². The lowest BCUT2D eigenvalue weighted by atomic mass is 9.88. The van der Waals surface area contributed by atoms with Gasteiger partial charge in [0.2, 0.25) is 5.78 Å². The summed E-state index contributed by atoms with van der Waals surface area (Å²) in [6, 6.07) is 15.5. The van der Waals surface area contributed by atoms with E-state index in [-0.39, 0.29) is 5.76 Å². The number of hydrogen-bond donors (Lipinski definition) is 2. The largest absolute Gasteiger partial charge is 0.453 e. The van der Waals surface area contributed by atoms with Crippen LogP contribution in [-0.2, 0) is 10.4 Å². The molecule has 1 amide bonds. The van der Waals surface area contributed by atoms with Gasteiger partial charge in [-0.1, -0.05) is 29.3 Å². The van der Waals surface area contributed by atoms with Gasteiger partial charge in [-0.15, -0.1) is 0 Å². The molecule has 0 bridgehead atoms. The number of benzene rings is 2. The van der Waals surface area contributed by atoms with Gasteiger partial charge in [0.25, 0.3) is 5.91 Å². The lowest BCUT2D eigenvalue weighted by Crippen LogP contribution is -2.36.